The summed E-state index contributed by atoms with van der Waals surface area (Å²) in [5.41, 5.74) is 2.61. The van der Waals surface area contributed by atoms with Crippen LogP contribution in [0.25, 0.3) is 6.08 Å². The zero-order valence-electron chi connectivity index (χ0n) is 17.7. The van der Waals surface area contributed by atoms with Gasteiger partial charge in [-0.15, -0.1) is 0 Å². The van der Waals surface area contributed by atoms with E-state index in [1.54, 1.807) is 57.8 Å². The van der Waals surface area contributed by atoms with Crippen molar-refractivity contribution in [2.45, 2.75) is 0 Å². The van der Waals surface area contributed by atoms with Gasteiger partial charge in [0.25, 0.3) is 0 Å². The molecule has 0 bridgehead atoms. The van der Waals surface area contributed by atoms with Crippen LogP contribution in [-0.2, 0) is 4.79 Å². The number of pyridine rings is 1. The van der Waals surface area contributed by atoms with Crippen LogP contribution in [0.2, 0.25) is 10.0 Å². The molecule has 0 spiro atoms. The number of benzene rings is 2. The highest BCUT2D eigenvalue weighted by Gasteiger charge is 2.09. The number of halogens is 2. The Kier molecular flexibility index (Phi) is 7.81. The van der Waals surface area contributed by atoms with E-state index in [2.05, 4.69) is 20.9 Å². The van der Waals surface area contributed by atoms with Crippen LogP contribution in [0, 0.1) is 0 Å². The summed E-state index contributed by atoms with van der Waals surface area (Å²) < 4.78 is 10.6. The molecule has 166 valence electrons. The van der Waals surface area contributed by atoms with Crippen LogP contribution in [0.15, 0.2) is 54.7 Å². The van der Waals surface area contributed by atoms with Crippen LogP contribution < -0.4 is 25.4 Å². The first kappa shape index (κ1) is 23.2. The van der Waals surface area contributed by atoms with Gasteiger partial charge in [-0.1, -0.05) is 23.2 Å². The molecule has 0 atom stereocenters. The maximum Gasteiger partial charge on any atom is 0.248 e. The molecule has 9 heteroatoms. The number of carbonyl (C=O) groups excluding carboxylic acids is 1. The molecule has 3 N–H and O–H groups in total. The van der Waals surface area contributed by atoms with E-state index >= 15 is 0 Å². The van der Waals surface area contributed by atoms with Gasteiger partial charge >= 0.3 is 0 Å². The predicted octanol–water partition coefficient (Wildman–Crippen LogP) is 5.84. The molecule has 3 rings (SSSR count). The minimum Gasteiger partial charge on any atom is -0.497 e. The SMILES string of the molecule is CNc1cc(Cl)c(Cl)cc1NC(=O)/C=C/c1cccnc1Nc1cc(OC)cc(OC)c1. The molecule has 0 radical (unpaired) electrons. The van der Waals surface area contributed by atoms with Gasteiger partial charge in [0.1, 0.15) is 17.3 Å². The van der Waals surface area contributed by atoms with Gasteiger partial charge in [0.15, 0.2) is 0 Å². The van der Waals surface area contributed by atoms with E-state index in [1.807, 2.05) is 18.2 Å². The van der Waals surface area contributed by atoms with E-state index in [-0.39, 0.29) is 5.91 Å². The molecule has 7 nitrogen and oxygen atoms in total. The minimum atomic E-state index is -0.335. The molecule has 0 fully saturated rings. The highest BCUT2D eigenvalue weighted by molar-refractivity contribution is 6.42. The van der Waals surface area contributed by atoms with E-state index in [0.29, 0.717) is 44.3 Å². The standard InChI is InChI=1S/C23H22Cl2N4O3/c1-26-20-12-18(24)19(25)13-21(20)29-22(30)7-6-14-5-4-8-27-23(14)28-15-9-16(31-2)11-17(10-15)32-3/h4-13,26H,1-3H3,(H,27,28)(H,29,30)/b7-6+. The smallest absolute Gasteiger partial charge is 0.248 e. The largest absolute Gasteiger partial charge is 0.497 e. The van der Waals surface area contributed by atoms with Gasteiger partial charge in [0.05, 0.1) is 35.6 Å². The van der Waals surface area contributed by atoms with Crippen LogP contribution in [0.3, 0.4) is 0 Å². The summed E-state index contributed by atoms with van der Waals surface area (Å²) in [5.74, 6) is 1.51. The van der Waals surface area contributed by atoms with Crippen molar-refractivity contribution in [2.24, 2.45) is 0 Å². The molecule has 2 aromatic carbocycles. The van der Waals surface area contributed by atoms with Gasteiger partial charge in [0.2, 0.25) is 5.91 Å². The number of anilines is 4. The Morgan fingerprint density at radius 2 is 1.66 bits per heavy atom. The first-order valence-corrected chi connectivity index (χ1v) is 10.3. The summed E-state index contributed by atoms with van der Waals surface area (Å²) in [4.78, 5) is 16.9. The van der Waals surface area contributed by atoms with E-state index in [1.165, 1.54) is 6.08 Å². The second-order valence-electron chi connectivity index (χ2n) is 6.55. The minimum absolute atomic E-state index is 0.335. The summed E-state index contributed by atoms with van der Waals surface area (Å²) in [6, 6.07) is 12.3. The van der Waals surface area contributed by atoms with Crippen molar-refractivity contribution in [3.05, 3.63) is 70.3 Å². The van der Waals surface area contributed by atoms with Crippen molar-refractivity contribution < 1.29 is 14.3 Å². The van der Waals surface area contributed by atoms with E-state index in [9.17, 15) is 4.79 Å². The fraction of sp³-hybridized carbons (Fsp3) is 0.130. The fourth-order valence-electron chi connectivity index (χ4n) is 2.87. The lowest BCUT2D eigenvalue weighted by Gasteiger charge is -2.12. The lowest BCUT2D eigenvalue weighted by atomic mass is 10.2. The molecule has 3 aromatic rings. The second kappa shape index (κ2) is 10.7. The molecular weight excluding hydrogens is 451 g/mol. The van der Waals surface area contributed by atoms with Crippen molar-refractivity contribution in [1.82, 2.24) is 4.98 Å². The lowest BCUT2D eigenvalue weighted by Crippen LogP contribution is -2.10. The highest BCUT2D eigenvalue weighted by atomic mass is 35.5. The normalized spacial score (nSPS) is 10.7. The van der Waals surface area contributed by atoms with Crippen LogP contribution in [0.4, 0.5) is 22.9 Å². The van der Waals surface area contributed by atoms with E-state index in [0.717, 1.165) is 5.69 Å². The number of hydrogen-bond acceptors (Lipinski definition) is 6. The van der Waals surface area contributed by atoms with Gasteiger partial charge in [-0.3, -0.25) is 4.79 Å². The van der Waals surface area contributed by atoms with Gasteiger partial charge in [-0.2, -0.15) is 0 Å². The summed E-state index contributed by atoms with van der Waals surface area (Å²) in [6.45, 7) is 0. The Labute approximate surface area is 196 Å². The molecule has 32 heavy (non-hydrogen) atoms. The quantitative estimate of drug-likeness (QED) is 0.357. The number of methoxy groups -OCH3 is 2. The number of amides is 1. The third-order valence-corrected chi connectivity index (χ3v) is 5.18. The monoisotopic (exact) mass is 472 g/mol. The van der Waals surface area contributed by atoms with Gasteiger partial charge in [-0.05, 0) is 30.3 Å². The average Bonchev–Trinajstić information content (AvgIpc) is 2.80. The zero-order valence-corrected chi connectivity index (χ0v) is 19.2. The molecule has 0 aliphatic carbocycles. The topological polar surface area (TPSA) is 84.5 Å². The van der Waals surface area contributed by atoms with E-state index < -0.39 is 0 Å². The average molecular weight is 473 g/mol. The Morgan fingerprint density at radius 3 is 2.28 bits per heavy atom. The Balaban J connectivity index is 1.79. The summed E-state index contributed by atoms with van der Waals surface area (Å²) >= 11 is 12.1. The molecule has 0 aliphatic rings. The summed E-state index contributed by atoms with van der Waals surface area (Å²) in [6.07, 6.45) is 4.74. The fourth-order valence-corrected chi connectivity index (χ4v) is 3.20. The number of aromatic nitrogens is 1. The second-order valence-corrected chi connectivity index (χ2v) is 7.37. The van der Waals surface area contributed by atoms with E-state index in [4.69, 9.17) is 32.7 Å². The highest BCUT2D eigenvalue weighted by Crippen LogP contribution is 2.32. The third kappa shape index (κ3) is 5.84. The zero-order chi connectivity index (χ0) is 23.1. The number of nitrogens with one attached hydrogen (secondary N) is 3. The van der Waals surface area contributed by atoms with Crippen LogP contribution in [-0.4, -0.2) is 32.2 Å². The lowest BCUT2D eigenvalue weighted by molar-refractivity contribution is -0.111. The molecule has 0 saturated heterocycles. The molecular formula is C23H22Cl2N4O3. The number of carbonyl (C=O) groups is 1. The van der Waals surface area contributed by atoms with Crippen LogP contribution in [0.1, 0.15) is 5.56 Å². The first-order valence-electron chi connectivity index (χ1n) is 9.54. The number of hydrogen-bond donors (Lipinski definition) is 3. The number of rotatable bonds is 8. The van der Waals surface area contributed by atoms with Gasteiger partial charge in [-0.25, -0.2) is 4.98 Å². The first-order chi connectivity index (χ1) is 15.4. The Bertz CT molecular complexity index is 1130. The van der Waals surface area contributed by atoms with Gasteiger partial charge < -0.3 is 25.4 Å². The molecule has 1 amide bonds. The molecule has 0 unspecified atom stereocenters. The number of ether oxygens (including phenoxy) is 2. The Hall–Kier alpha value is -3.42. The van der Waals surface area contributed by atoms with Crippen molar-refractivity contribution in [3.8, 4) is 11.5 Å². The Morgan fingerprint density at radius 1 is 1.00 bits per heavy atom. The maximum atomic E-state index is 12.5. The third-order valence-electron chi connectivity index (χ3n) is 4.46. The molecule has 1 aromatic heterocycles. The van der Waals surface area contributed by atoms with Crippen molar-refractivity contribution in [2.75, 3.05) is 37.2 Å². The molecule has 1 heterocycles. The van der Waals surface area contributed by atoms with Crippen LogP contribution in [0.5, 0.6) is 11.5 Å². The van der Waals surface area contributed by atoms with Crippen molar-refractivity contribution in [3.63, 3.8) is 0 Å². The van der Waals surface area contributed by atoms with Crippen molar-refractivity contribution in [1.29, 1.82) is 0 Å². The van der Waals surface area contributed by atoms with Crippen molar-refractivity contribution >= 4 is 58.1 Å². The van der Waals surface area contributed by atoms with Gasteiger partial charge in [0, 0.05) is 48.8 Å². The molecule has 0 saturated carbocycles. The number of nitrogens with zero attached hydrogens (tertiary/aromatic N) is 1. The van der Waals surface area contributed by atoms with Crippen LogP contribution >= 0.6 is 23.2 Å². The molecule has 0 aliphatic heterocycles. The predicted molar refractivity (Wildman–Crippen MR) is 131 cm³/mol. The maximum absolute atomic E-state index is 12.5. The summed E-state index contributed by atoms with van der Waals surface area (Å²) in [5, 5.41) is 9.74. The summed E-state index contributed by atoms with van der Waals surface area (Å²) in [7, 11) is 4.89.